The van der Waals surface area contributed by atoms with E-state index in [0.717, 1.165) is 18.4 Å². The molecule has 3 atom stereocenters. The van der Waals surface area contributed by atoms with Gasteiger partial charge in [0.15, 0.2) is 11.5 Å². The van der Waals surface area contributed by atoms with Gasteiger partial charge in [-0.25, -0.2) is 14.8 Å². The fraction of sp³-hybridized carbons (Fsp3) is 0.474. The minimum absolute atomic E-state index is 0.00547. The number of carbonyl (C=O) groups excluding carboxylic acids is 4. The van der Waals surface area contributed by atoms with Crippen LogP contribution in [0.3, 0.4) is 0 Å². The maximum Gasteiger partial charge on any atom is 0.407 e. The average Bonchev–Trinajstić information content (AvgIpc) is 3.64. The zero-order chi connectivity index (χ0) is 38.4. The highest BCUT2D eigenvalue weighted by molar-refractivity contribution is 7.98. The van der Waals surface area contributed by atoms with Crippen LogP contribution in [0.2, 0.25) is 0 Å². The van der Waals surface area contributed by atoms with Crippen LogP contribution in [0.5, 0.6) is 23.1 Å². The summed E-state index contributed by atoms with van der Waals surface area (Å²) in [6.07, 6.45) is 4.01. The van der Waals surface area contributed by atoms with E-state index in [0.29, 0.717) is 64.5 Å². The van der Waals surface area contributed by atoms with E-state index in [1.165, 1.54) is 24.0 Å². The van der Waals surface area contributed by atoms with E-state index in [1.807, 2.05) is 44.2 Å². The van der Waals surface area contributed by atoms with E-state index in [1.54, 1.807) is 19.1 Å². The average molecular weight is 763 g/mol. The first-order valence-corrected chi connectivity index (χ1v) is 18.8. The number of hydrogen-bond donors (Lipinski definition) is 3. The lowest BCUT2D eigenvalue weighted by molar-refractivity contribution is -0.139. The Morgan fingerprint density at radius 2 is 1.93 bits per heavy atom. The van der Waals surface area contributed by atoms with Crippen molar-refractivity contribution in [1.82, 2.24) is 30.2 Å². The maximum absolute atomic E-state index is 13.3. The number of carbonyl (C=O) groups is 4. The molecule has 1 saturated carbocycles. The summed E-state index contributed by atoms with van der Waals surface area (Å²) in [6, 6.07) is 9.39. The van der Waals surface area contributed by atoms with Gasteiger partial charge in [-0.1, -0.05) is 39.0 Å². The molecular formula is C38H46N6O9S. The second-order valence-electron chi connectivity index (χ2n) is 14.3. The maximum atomic E-state index is 13.3. The summed E-state index contributed by atoms with van der Waals surface area (Å²) in [5.41, 5.74) is 1.83. The minimum Gasteiger partial charge on any atom is -0.493 e. The van der Waals surface area contributed by atoms with Gasteiger partial charge in [-0.3, -0.25) is 19.1 Å². The molecule has 3 heterocycles. The molecular weight excluding hydrogens is 717 g/mol. The van der Waals surface area contributed by atoms with Crippen molar-refractivity contribution in [3.8, 4) is 34.4 Å². The number of rotatable bonds is 16. The summed E-state index contributed by atoms with van der Waals surface area (Å²) in [5.74, 6) is 0.552. The van der Waals surface area contributed by atoms with E-state index in [9.17, 15) is 19.2 Å². The zero-order valence-corrected chi connectivity index (χ0v) is 31.7. The molecule has 15 nitrogen and oxygen atoms in total. The number of amides is 4. The summed E-state index contributed by atoms with van der Waals surface area (Å²) >= 11 is 1.37. The van der Waals surface area contributed by atoms with Crippen molar-refractivity contribution in [2.75, 3.05) is 40.2 Å². The second kappa shape index (κ2) is 16.8. The van der Waals surface area contributed by atoms with Gasteiger partial charge < -0.3 is 39.2 Å². The zero-order valence-electron chi connectivity index (χ0n) is 30.8. The van der Waals surface area contributed by atoms with Gasteiger partial charge in [0.1, 0.15) is 42.2 Å². The highest BCUT2D eigenvalue weighted by atomic mass is 32.2. The van der Waals surface area contributed by atoms with E-state index in [2.05, 4.69) is 26.9 Å². The Kier molecular flexibility index (Phi) is 12.0. The molecule has 1 saturated heterocycles. The predicted octanol–water partition coefficient (Wildman–Crippen LogP) is 4.39. The third kappa shape index (κ3) is 9.27. The van der Waals surface area contributed by atoms with Crippen LogP contribution in [0.15, 0.2) is 49.1 Å². The van der Waals surface area contributed by atoms with Gasteiger partial charge >= 0.3 is 6.09 Å². The molecule has 3 aliphatic rings. The van der Waals surface area contributed by atoms with Crippen LogP contribution < -0.4 is 34.3 Å². The number of methoxy groups -OCH3 is 1. The van der Waals surface area contributed by atoms with E-state index < -0.39 is 35.4 Å². The van der Waals surface area contributed by atoms with Gasteiger partial charge in [0.2, 0.25) is 24.5 Å². The van der Waals surface area contributed by atoms with Gasteiger partial charge in [-0.15, -0.1) is 6.58 Å². The lowest BCUT2D eigenvalue weighted by Gasteiger charge is -2.28. The van der Waals surface area contributed by atoms with Crippen LogP contribution >= 0.6 is 11.9 Å². The van der Waals surface area contributed by atoms with E-state index in [4.69, 9.17) is 28.7 Å². The summed E-state index contributed by atoms with van der Waals surface area (Å²) < 4.78 is 31.0. The van der Waals surface area contributed by atoms with Gasteiger partial charge in [0.05, 0.1) is 19.2 Å². The molecule has 0 spiro atoms. The lowest BCUT2D eigenvalue weighted by atomic mass is 9.96. The Hall–Kier alpha value is -5.25. The molecule has 2 unspecified atom stereocenters. The third-order valence-corrected chi connectivity index (χ3v) is 10.4. The van der Waals surface area contributed by atoms with Crippen LogP contribution in [0.4, 0.5) is 4.79 Å². The molecule has 2 aromatic carbocycles. The normalized spacial score (nSPS) is 17.3. The number of alkyl carbamates (subject to hydrolysis) is 1. The molecule has 54 heavy (non-hydrogen) atoms. The standard InChI is InChI=1S/C38H46N6O9S/c1-6-22(2)30(35(47)43-54-25-12-13-25)41-34(46)27-11-8-16-44(27)29(45)18-39-37(48)51-20-38(3,4)19-50-24-10-7-9-23(17-24)31-36(49-5)42-32-26(40-31)14-15-28-33(32)53-21-52-28/h6-7,9-10,14-15,17,22,25,27,30H,1,8,11-13,16,18-21H2,2-5H3,(H,39,48)(H,41,46)(H,43,47)/t22-,27?,30?/m0/s1. The number of nitrogens with one attached hydrogen (secondary N) is 3. The second-order valence-corrected chi connectivity index (χ2v) is 15.4. The van der Waals surface area contributed by atoms with E-state index >= 15 is 0 Å². The molecule has 1 aromatic heterocycles. The molecule has 1 aliphatic carbocycles. The van der Waals surface area contributed by atoms with Crippen molar-refractivity contribution in [1.29, 1.82) is 0 Å². The Balaban J connectivity index is 0.976. The number of fused-ring (bicyclic) bond motifs is 3. The fourth-order valence-electron chi connectivity index (χ4n) is 5.96. The molecule has 0 radical (unpaired) electrons. The molecule has 2 aliphatic heterocycles. The highest BCUT2D eigenvalue weighted by Gasteiger charge is 2.37. The monoisotopic (exact) mass is 762 g/mol. The van der Waals surface area contributed by atoms with Crippen molar-refractivity contribution in [3.05, 3.63) is 49.1 Å². The van der Waals surface area contributed by atoms with Crippen molar-refractivity contribution >= 4 is 46.8 Å². The number of aromatic nitrogens is 2. The van der Waals surface area contributed by atoms with Crippen LogP contribution in [-0.2, 0) is 19.1 Å². The third-order valence-electron chi connectivity index (χ3n) is 9.25. The van der Waals surface area contributed by atoms with Gasteiger partial charge in [-0.05, 0) is 61.9 Å². The van der Waals surface area contributed by atoms with Crippen molar-refractivity contribution < 1.29 is 42.9 Å². The summed E-state index contributed by atoms with van der Waals surface area (Å²) in [7, 11) is 1.52. The van der Waals surface area contributed by atoms with Gasteiger partial charge in [0, 0.05) is 28.7 Å². The molecule has 6 rings (SSSR count). The first-order chi connectivity index (χ1) is 26.0. The van der Waals surface area contributed by atoms with Crippen molar-refractivity contribution in [2.45, 2.75) is 63.8 Å². The van der Waals surface area contributed by atoms with Crippen molar-refractivity contribution in [2.24, 2.45) is 11.3 Å². The topological polar surface area (TPSA) is 180 Å². The van der Waals surface area contributed by atoms with Gasteiger partial charge in [-0.2, -0.15) is 0 Å². The Morgan fingerprint density at radius 1 is 1.11 bits per heavy atom. The molecule has 288 valence electrons. The number of nitrogens with zero attached hydrogens (tertiary/aromatic N) is 3. The number of ether oxygens (including phenoxy) is 5. The van der Waals surface area contributed by atoms with Crippen LogP contribution in [-0.4, -0.2) is 96.2 Å². The molecule has 4 amide bonds. The minimum atomic E-state index is -0.821. The Labute approximate surface area is 318 Å². The summed E-state index contributed by atoms with van der Waals surface area (Å²) in [6.45, 7) is 9.69. The molecule has 0 bridgehead atoms. The fourth-order valence-corrected chi connectivity index (χ4v) is 6.74. The first kappa shape index (κ1) is 38.5. The predicted molar refractivity (Wildman–Crippen MR) is 201 cm³/mol. The van der Waals surface area contributed by atoms with Crippen LogP contribution in [0.1, 0.15) is 46.5 Å². The number of hydrogen-bond acceptors (Lipinski definition) is 12. The Morgan fingerprint density at radius 3 is 2.69 bits per heavy atom. The Bertz CT molecular complexity index is 1900. The first-order valence-electron chi connectivity index (χ1n) is 17.9. The van der Waals surface area contributed by atoms with Gasteiger partial charge in [0.25, 0.3) is 5.91 Å². The van der Waals surface area contributed by atoms with Crippen LogP contribution in [0, 0.1) is 11.3 Å². The lowest BCUT2D eigenvalue weighted by Crippen LogP contribution is -2.55. The SMILES string of the molecule is C=C[C@H](C)C(NC(=O)C1CCCN1C(=O)CNC(=O)OCC(C)(C)COc1cccc(-c2nc3ccc4c(c3nc2OC)OCO4)c1)C(=O)NSC1CC1. The summed E-state index contributed by atoms with van der Waals surface area (Å²) in [4.78, 5) is 62.8. The molecule has 2 fully saturated rings. The largest absolute Gasteiger partial charge is 0.493 e. The summed E-state index contributed by atoms with van der Waals surface area (Å²) in [5, 5.41) is 5.73. The number of benzene rings is 2. The van der Waals surface area contributed by atoms with Crippen molar-refractivity contribution in [3.63, 3.8) is 0 Å². The molecule has 16 heteroatoms. The quantitative estimate of drug-likeness (QED) is 0.139. The highest BCUT2D eigenvalue weighted by Crippen LogP contribution is 2.40. The van der Waals surface area contributed by atoms with E-state index in [-0.39, 0.29) is 38.4 Å². The van der Waals surface area contributed by atoms with Crippen LogP contribution in [0.25, 0.3) is 22.3 Å². The smallest absolute Gasteiger partial charge is 0.407 e. The number of likely N-dealkylation sites (tertiary alicyclic amines) is 1. The molecule has 3 aromatic rings. The molecule has 3 N–H and O–H groups in total.